The number of nitrogens with zero attached hydrogens (tertiary/aromatic N) is 1. The van der Waals surface area contributed by atoms with Gasteiger partial charge in [-0.05, 0) is 19.3 Å². The Bertz CT molecular complexity index is 233. The summed E-state index contributed by atoms with van der Waals surface area (Å²) in [6.45, 7) is 1.30. The standard InChI is InChI=1S/C10H16N2O2/c13-9-2-1-3-10(14)12(9)7-6-11-8-4-5-8/h8,11H,1-7H2. The Morgan fingerprint density at radius 1 is 1.21 bits per heavy atom. The van der Waals surface area contributed by atoms with Crippen molar-refractivity contribution in [2.45, 2.75) is 38.1 Å². The normalized spacial score (nSPS) is 23.0. The van der Waals surface area contributed by atoms with Crippen molar-refractivity contribution in [2.75, 3.05) is 13.1 Å². The number of hydrogen-bond acceptors (Lipinski definition) is 3. The summed E-state index contributed by atoms with van der Waals surface area (Å²) in [5.41, 5.74) is 0. The van der Waals surface area contributed by atoms with E-state index in [2.05, 4.69) is 5.32 Å². The van der Waals surface area contributed by atoms with Gasteiger partial charge in [-0.15, -0.1) is 0 Å². The zero-order chi connectivity index (χ0) is 9.97. The van der Waals surface area contributed by atoms with Crippen LogP contribution < -0.4 is 5.32 Å². The van der Waals surface area contributed by atoms with Crippen LogP contribution in [0.15, 0.2) is 0 Å². The maximum absolute atomic E-state index is 11.4. The van der Waals surface area contributed by atoms with Gasteiger partial charge in [0.25, 0.3) is 0 Å². The molecule has 4 nitrogen and oxygen atoms in total. The lowest BCUT2D eigenvalue weighted by atomic mass is 10.1. The molecule has 1 N–H and O–H groups in total. The Balaban J connectivity index is 1.75. The maximum atomic E-state index is 11.4. The average molecular weight is 196 g/mol. The fraction of sp³-hybridized carbons (Fsp3) is 0.800. The van der Waals surface area contributed by atoms with Crippen molar-refractivity contribution in [3.63, 3.8) is 0 Å². The molecule has 0 radical (unpaired) electrons. The van der Waals surface area contributed by atoms with Gasteiger partial charge in [-0.25, -0.2) is 0 Å². The highest BCUT2D eigenvalue weighted by Crippen LogP contribution is 2.18. The van der Waals surface area contributed by atoms with Gasteiger partial charge in [-0.3, -0.25) is 14.5 Å². The molecule has 2 aliphatic rings. The van der Waals surface area contributed by atoms with Crippen molar-refractivity contribution in [2.24, 2.45) is 0 Å². The molecule has 1 aliphatic carbocycles. The van der Waals surface area contributed by atoms with Crippen LogP contribution in [0.5, 0.6) is 0 Å². The van der Waals surface area contributed by atoms with Gasteiger partial charge in [0.2, 0.25) is 11.8 Å². The number of rotatable bonds is 4. The number of likely N-dealkylation sites (tertiary alicyclic amines) is 1. The van der Waals surface area contributed by atoms with Gasteiger partial charge in [-0.1, -0.05) is 0 Å². The van der Waals surface area contributed by atoms with E-state index < -0.39 is 0 Å². The Morgan fingerprint density at radius 3 is 2.43 bits per heavy atom. The monoisotopic (exact) mass is 196 g/mol. The smallest absolute Gasteiger partial charge is 0.229 e. The molecule has 0 aromatic rings. The van der Waals surface area contributed by atoms with E-state index >= 15 is 0 Å². The Kier molecular flexibility index (Phi) is 2.82. The van der Waals surface area contributed by atoms with E-state index in [0.29, 0.717) is 25.4 Å². The number of carbonyl (C=O) groups is 2. The molecule has 2 rings (SSSR count). The summed E-state index contributed by atoms with van der Waals surface area (Å²) in [5.74, 6) is -0.00214. The van der Waals surface area contributed by atoms with Crippen LogP contribution in [0.1, 0.15) is 32.1 Å². The lowest BCUT2D eigenvalue weighted by molar-refractivity contribution is -0.147. The van der Waals surface area contributed by atoms with Crippen LogP contribution in [0.2, 0.25) is 0 Å². The first-order chi connectivity index (χ1) is 6.77. The second kappa shape index (κ2) is 4.09. The van der Waals surface area contributed by atoms with Gasteiger partial charge in [0, 0.05) is 32.0 Å². The molecule has 0 bridgehead atoms. The lowest BCUT2D eigenvalue weighted by Gasteiger charge is -2.24. The van der Waals surface area contributed by atoms with Crippen molar-refractivity contribution in [1.29, 1.82) is 0 Å². The Hall–Kier alpha value is -0.900. The predicted octanol–water partition coefficient (Wildman–Crippen LogP) is 0.277. The Morgan fingerprint density at radius 2 is 1.86 bits per heavy atom. The highest BCUT2D eigenvalue weighted by molar-refractivity contribution is 5.97. The van der Waals surface area contributed by atoms with E-state index in [4.69, 9.17) is 0 Å². The highest BCUT2D eigenvalue weighted by Gasteiger charge is 2.26. The summed E-state index contributed by atoms with van der Waals surface area (Å²) < 4.78 is 0. The highest BCUT2D eigenvalue weighted by atomic mass is 16.2. The SMILES string of the molecule is O=C1CCCC(=O)N1CCNC1CC1. The molecular weight excluding hydrogens is 180 g/mol. The van der Waals surface area contributed by atoms with Gasteiger partial charge in [0.1, 0.15) is 0 Å². The Labute approximate surface area is 83.6 Å². The first kappa shape index (κ1) is 9.65. The molecule has 1 heterocycles. The molecule has 0 aromatic carbocycles. The van der Waals surface area contributed by atoms with E-state index in [9.17, 15) is 9.59 Å². The van der Waals surface area contributed by atoms with Crippen molar-refractivity contribution >= 4 is 11.8 Å². The molecule has 0 spiro atoms. The first-order valence-corrected chi connectivity index (χ1v) is 5.34. The zero-order valence-electron chi connectivity index (χ0n) is 8.29. The minimum Gasteiger partial charge on any atom is -0.312 e. The molecule has 14 heavy (non-hydrogen) atoms. The second-order valence-corrected chi connectivity index (χ2v) is 4.02. The van der Waals surface area contributed by atoms with Crippen molar-refractivity contribution in [3.8, 4) is 0 Å². The number of imide groups is 1. The van der Waals surface area contributed by atoms with E-state index in [1.165, 1.54) is 17.7 Å². The molecule has 1 saturated carbocycles. The summed E-state index contributed by atoms with van der Waals surface area (Å²) in [7, 11) is 0. The summed E-state index contributed by atoms with van der Waals surface area (Å²) in [4.78, 5) is 24.1. The van der Waals surface area contributed by atoms with Gasteiger partial charge < -0.3 is 5.32 Å². The van der Waals surface area contributed by atoms with E-state index in [-0.39, 0.29) is 11.8 Å². The quantitative estimate of drug-likeness (QED) is 0.657. The number of carbonyl (C=O) groups excluding carboxylic acids is 2. The topological polar surface area (TPSA) is 49.4 Å². The van der Waals surface area contributed by atoms with E-state index in [1.807, 2.05) is 0 Å². The van der Waals surface area contributed by atoms with Crippen LogP contribution in [-0.2, 0) is 9.59 Å². The van der Waals surface area contributed by atoms with Crippen LogP contribution >= 0.6 is 0 Å². The average Bonchev–Trinajstić information content (AvgIpc) is 2.94. The minimum absolute atomic E-state index is 0.00107. The summed E-state index contributed by atoms with van der Waals surface area (Å²) in [6, 6.07) is 0.644. The third-order valence-corrected chi connectivity index (χ3v) is 2.73. The van der Waals surface area contributed by atoms with Crippen LogP contribution in [0.4, 0.5) is 0 Å². The van der Waals surface area contributed by atoms with Gasteiger partial charge in [0.15, 0.2) is 0 Å². The predicted molar refractivity (Wildman–Crippen MR) is 51.6 cm³/mol. The maximum Gasteiger partial charge on any atom is 0.229 e. The molecule has 0 unspecified atom stereocenters. The molecular formula is C10H16N2O2. The van der Waals surface area contributed by atoms with Crippen LogP contribution in [-0.4, -0.2) is 35.8 Å². The van der Waals surface area contributed by atoms with Gasteiger partial charge >= 0.3 is 0 Å². The summed E-state index contributed by atoms with van der Waals surface area (Å²) in [6.07, 6.45) is 4.28. The molecule has 2 amide bonds. The summed E-state index contributed by atoms with van der Waals surface area (Å²) in [5, 5.41) is 3.30. The molecule has 0 aromatic heterocycles. The van der Waals surface area contributed by atoms with E-state index in [1.54, 1.807) is 0 Å². The zero-order valence-corrected chi connectivity index (χ0v) is 8.29. The molecule has 78 valence electrons. The van der Waals surface area contributed by atoms with Crippen molar-refractivity contribution in [3.05, 3.63) is 0 Å². The number of hydrogen-bond donors (Lipinski definition) is 1. The van der Waals surface area contributed by atoms with Crippen LogP contribution in [0.3, 0.4) is 0 Å². The third-order valence-electron chi connectivity index (χ3n) is 2.73. The third kappa shape index (κ3) is 2.32. The van der Waals surface area contributed by atoms with Crippen LogP contribution in [0.25, 0.3) is 0 Å². The summed E-state index contributed by atoms with van der Waals surface area (Å²) >= 11 is 0. The van der Waals surface area contributed by atoms with Gasteiger partial charge in [-0.2, -0.15) is 0 Å². The number of nitrogens with one attached hydrogen (secondary N) is 1. The molecule has 1 saturated heterocycles. The van der Waals surface area contributed by atoms with Crippen molar-refractivity contribution in [1.82, 2.24) is 10.2 Å². The fourth-order valence-electron chi connectivity index (χ4n) is 1.72. The van der Waals surface area contributed by atoms with Crippen LogP contribution in [0, 0.1) is 0 Å². The molecule has 4 heteroatoms. The minimum atomic E-state index is -0.00107. The molecule has 1 aliphatic heterocycles. The van der Waals surface area contributed by atoms with E-state index in [0.717, 1.165) is 13.0 Å². The number of piperidine rings is 1. The number of amides is 2. The lowest BCUT2D eigenvalue weighted by Crippen LogP contribution is -2.43. The fourth-order valence-corrected chi connectivity index (χ4v) is 1.72. The van der Waals surface area contributed by atoms with Gasteiger partial charge in [0.05, 0.1) is 0 Å². The molecule has 0 atom stereocenters. The molecule has 2 fully saturated rings. The largest absolute Gasteiger partial charge is 0.312 e. The van der Waals surface area contributed by atoms with Crippen molar-refractivity contribution < 1.29 is 9.59 Å². The second-order valence-electron chi connectivity index (χ2n) is 4.02. The first-order valence-electron chi connectivity index (χ1n) is 5.34.